The number of hydrogen-bond acceptors (Lipinski definition) is 4. The van der Waals surface area contributed by atoms with Crippen molar-refractivity contribution in [2.24, 2.45) is 0 Å². The zero-order chi connectivity index (χ0) is 18.1. The number of hydrogen-bond donors (Lipinski definition) is 1. The topological polar surface area (TPSA) is 69.6 Å². The number of nitrogens with one attached hydrogen (secondary N) is 1. The highest BCUT2D eigenvalue weighted by atomic mass is 16.6. The van der Waals surface area contributed by atoms with Crippen LogP contribution in [0.5, 0.6) is 0 Å². The van der Waals surface area contributed by atoms with Gasteiger partial charge in [0.1, 0.15) is 11.2 Å². The van der Waals surface area contributed by atoms with E-state index in [1.165, 1.54) is 4.57 Å². The molecule has 0 aliphatic rings. The van der Waals surface area contributed by atoms with Crippen molar-refractivity contribution in [2.45, 2.75) is 52.7 Å². The van der Waals surface area contributed by atoms with Crippen LogP contribution in [0.3, 0.4) is 0 Å². The van der Waals surface area contributed by atoms with Crippen molar-refractivity contribution in [1.82, 2.24) is 4.57 Å². The predicted molar refractivity (Wildman–Crippen MR) is 93.4 cm³/mol. The molecule has 0 saturated carbocycles. The Labute approximate surface area is 141 Å². The Morgan fingerprint density at radius 1 is 0.958 bits per heavy atom. The number of carbonyl (C=O) groups is 2. The number of amides is 1. The lowest BCUT2D eigenvalue weighted by Gasteiger charge is -2.20. The smallest absolute Gasteiger partial charge is 0.418 e. The van der Waals surface area contributed by atoms with E-state index in [9.17, 15) is 9.59 Å². The fourth-order valence-corrected chi connectivity index (χ4v) is 2.11. The lowest BCUT2D eigenvalue weighted by Crippen LogP contribution is -2.27. The molecule has 1 N–H and O–H groups in total. The van der Waals surface area contributed by atoms with Crippen LogP contribution in [0.1, 0.15) is 41.5 Å². The van der Waals surface area contributed by atoms with Crippen LogP contribution in [-0.4, -0.2) is 28.0 Å². The molecule has 1 aromatic carbocycles. The van der Waals surface area contributed by atoms with Gasteiger partial charge in [-0.1, -0.05) is 0 Å². The summed E-state index contributed by atoms with van der Waals surface area (Å²) in [6.07, 6.45) is 0.689. The van der Waals surface area contributed by atoms with Crippen molar-refractivity contribution >= 4 is 28.8 Å². The molecule has 0 radical (unpaired) electrons. The third-order valence-electron chi connectivity index (χ3n) is 2.93. The number of anilines is 1. The van der Waals surface area contributed by atoms with Crippen LogP contribution >= 0.6 is 0 Å². The number of benzene rings is 1. The van der Waals surface area contributed by atoms with E-state index in [-0.39, 0.29) is 0 Å². The van der Waals surface area contributed by atoms with Gasteiger partial charge in [0.15, 0.2) is 0 Å². The van der Waals surface area contributed by atoms with Crippen LogP contribution in [0.4, 0.5) is 15.3 Å². The monoisotopic (exact) mass is 332 g/mol. The van der Waals surface area contributed by atoms with Gasteiger partial charge in [-0.25, -0.2) is 9.59 Å². The van der Waals surface area contributed by atoms with Gasteiger partial charge in [0.25, 0.3) is 0 Å². The number of aromatic nitrogens is 1. The largest absolute Gasteiger partial charge is 0.444 e. The van der Waals surface area contributed by atoms with Crippen molar-refractivity contribution in [3.05, 3.63) is 30.5 Å². The molecular weight excluding hydrogens is 308 g/mol. The summed E-state index contributed by atoms with van der Waals surface area (Å²) in [5, 5.41) is 3.50. The molecule has 2 aromatic rings. The Bertz CT molecular complexity index is 763. The molecule has 0 saturated heterocycles. The third-order valence-corrected chi connectivity index (χ3v) is 2.93. The first-order valence-corrected chi connectivity index (χ1v) is 7.79. The van der Waals surface area contributed by atoms with E-state index in [2.05, 4.69) is 5.32 Å². The molecule has 2 rings (SSSR count). The SMILES string of the molecule is CC(C)(C)OC(=O)Nc1ccc2c(ccn2C(=O)OC(C)(C)C)c1. The summed E-state index contributed by atoms with van der Waals surface area (Å²) in [5.74, 6) is 0. The summed E-state index contributed by atoms with van der Waals surface area (Å²) in [7, 11) is 0. The molecule has 0 atom stereocenters. The van der Waals surface area contributed by atoms with E-state index in [1.807, 2.05) is 20.8 Å². The minimum atomic E-state index is -0.564. The highest BCUT2D eigenvalue weighted by molar-refractivity contribution is 5.94. The van der Waals surface area contributed by atoms with Crippen molar-refractivity contribution in [3.8, 4) is 0 Å². The van der Waals surface area contributed by atoms with Crippen molar-refractivity contribution in [3.63, 3.8) is 0 Å². The Kier molecular flexibility index (Phi) is 4.60. The molecule has 130 valence electrons. The van der Waals surface area contributed by atoms with Crippen molar-refractivity contribution < 1.29 is 19.1 Å². The molecule has 24 heavy (non-hydrogen) atoms. The lowest BCUT2D eigenvalue weighted by molar-refractivity contribution is 0.0543. The molecule has 0 fully saturated rings. The zero-order valence-electron chi connectivity index (χ0n) is 15.0. The second-order valence-corrected chi connectivity index (χ2v) is 7.57. The second kappa shape index (κ2) is 6.19. The van der Waals surface area contributed by atoms with E-state index in [0.29, 0.717) is 11.2 Å². The summed E-state index contributed by atoms with van der Waals surface area (Å²) in [5.41, 5.74) is 0.179. The summed E-state index contributed by atoms with van der Waals surface area (Å²) in [6.45, 7) is 10.9. The molecule has 0 aliphatic carbocycles. The third kappa shape index (κ3) is 4.75. The lowest BCUT2D eigenvalue weighted by atomic mass is 10.2. The van der Waals surface area contributed by atoms with E-state index < -0.39 is 23.4 Å². The minimum Gasteiger partial charge on any atom is -0.444 e. The summed E-state index contributed by atoms with van der Waals surface area (Å²) in [4.78, 5) is 24.0. The first kappa shape index (κ1) is 17.8. The fourth-order valence-electron chi connectivity index (χ4n) is 2.11. The maximum atomic E-state index is 12.2. The molecule has 1 aromatic heterocycles. The maximum absolute atomic E-state index is 12.2. The Morgan fingerprint density at radius 3 is 2.17 bits per heavy atom. The van der Waals surface area contributed by atoms with Gasteiger partial charge < -0.3 is 9.47 Å². The fraction of sp³-hybridized carbons (Fsp3) is 0.444. The second-order valence-electron chi connectivity index (χ2n) is 7.57. The normalized spacial score (nSPS) is 12.1. The molecule has 6 nitrogen and oxygen atoms in total. The minimum absolute atomic E-state index is 0.439. The zero-order valence-corrected chi connectivity index (χ0v) is 15.0. The quantitative estimate of drug-likeness (QED) is 0.816. The van der Waals surface area contributed by atoms with Gasteiger partial charge in [-0.2, -0.15) is 0 Å². The number of rotatable bonds is 1. The number of ether oxygens (including phenoxy) is 2. The average molecular weight is 332 g/mol. The van der Waals surface area contributed by atoms with Gasteiger partial charge in [0, 0.05) is 17.3 Å². The van der Waals surface area contributed by atoms with E-state index >= 15 is 0 Å². The Hall–Kier alpha value is -2.50. The molecule has 6 heteroatoms. The number of fused-ring (bicyclic) bond motifs is 1. The van der Waals surface area contributed by atoms with E-state index in [0.717, 1.165) is 5.39 Å². The molecule has 0 unspecified atom stereocenters. The highest BCUT2D eigenvalue weighted by Crippen LogP contribution is 2.22. The molecule has 0 bridgehead atoms. The van der Waals surface area contributed by atoms with E-state index in [4.69, 9.17) is 9.47 Å². The first-order valence-electron chi connectivity index (χ1n) is 7.79. The van der Waals surface area contributed by atoms with E-state index in [1.54, 1.807) is 51.2 Å². The van der Waals surface area contributed by atoms with Gasteiger partial charge >= 0.3 is 12.2 Å². The van der Waals surface area contributed by atoms with Gasteiger partial charge in [-0.15, -0.1) is 0 Å². The molecule has 1 amide bonds. The van der Waals surface area contributed by atoms with Gasteiger partial charge in [0.05, 0.1) is 5.52 Å². The standard InChI is InChI=1S/C18H24N2O4/c1-17(2,3)23-15(21)19-13-7-8-14-12(11-13)9-10-20(14)16(22)24-18(4,5)6/h7-11H,1-6H3,(H,19,21). The van der Waals surface area contributed by atoms with Gasteiger partial charge in [0.2, 0.25) is 0 Å². The van der Waals surface area contributed by atoms with Crippen LogP contribution < -0.4 is 5.32 Å². The van der Waals surface area contributed by atoms with Crippen LogP contribution in [0, 0.1) is 0 Å². The van der Waals surface area contributed by atoms with Gasteiger partial charge in [-0.05, 0) is 65.8 Å². The summed E-state index contributed by atoms with van der Waals surface area (Å²) in [6, 6.07) is 7.04. The first-order chi connectivity index (χ1) is 10.9. The predicted octanol–water partition coefficient (Wildman–Crippen LogP) is 4.77. The Balaban J connectivity index is 2.19. The highest BCUT2D eigenvalue weighted by Gasteiger charge is 2.19. The molecule has 0 aliphatic heterocycles. The average Bonchev–Trinajstić information content (AvgIpc) is 2.77. The molecule has 1 heterocycles. The molecular formula is C18H24N2O4. The van der Waals surface area contributed by atoms with Crippen molar-refractivity contribution in [1.29, 1.82) is 0 Å². The van der Waals surface area contributed by atoms with Gasteiger partial charge in [-0.3, -0.25) is 9.88 Å². The number of nitrogens with zero attached hydrogens (tertiary/aromatic N) is 1. The Morgan fingerprint density at radius 2 is 1.58 bits per heavy atom. The van der Waals surface area contributed by atoms with Crippen LogP contribution in [0.25, 0.3) is 10.9 Å². The summed E-state index contributed by atoms with van der Waals surface area (Å²) < 4.78 is 12.0. The summed E-state index contributed by atoms with van der Waals surface area (Å²) >= 11 is 0. The van der Waals surface area contributed by atoms with Crippen LogP contribution in [0.2, 0.25) is 0 Å². The molecule has 0 spiro atoms. The number of carbonyl (C=O) groups excluding carboxylic acids is 2. The van der Waals surface area contributed by atoms with Crippen LogP contribution in [0.15, 0.2) is 30.5 Å². The van der Waals surface area contributed by atoms with Crippen LogP contribution in [-0.2, 0) is 9.47 Å². The maximum Gasteiger partial charge on any atom is 0.418 e. The van der Waals surface area contributed by atoms with Crippen molar-refractivity contribution in [2.75, 3.05) is 5.32 Å².